The maximum Gasteiger partial charge on any atom is 0.309 e. The van der Waals surface area contributed by atoms with Gasteiger partial charge in [-0.25, -0.2) is 0 Å². The second kappa shape index (κ2) is 5.34. The van der Waals surface area contributed by atoms with Gasteiger partial charge in [-0.2, -0.15) is 0 Å². The number of nitrogens with one attached hydrogen (secondary N) is 1. The molecular weight excluding hydrogens is 302 g/mol. The van der Waals surface area contributed by atoms with Crippen molar-refractivity contribution in [3.63, 3.8) is 0 Å². The van der Waals surface area contributed by atoms with Crippen molar-refractivity contribution in [2.24, 2.45) is 34.5 Å². The molecule has 0 spiro atoms. The molecule has 4 rings (SSSR count). The zero-order valence-electron chi connectivity index (χ0n) is 15.1. The average Bonchev–Trinajstić information content (AvgIpc) is 2.92. The van der Waals surface area contributed by atoms with Gasteiger partial charge in [-0.3, -0.25) is 9.59 Å². The smallest absolute Gasteiger partial charge is 0.309 e. The van der Waals surface area contributed by atoms with Crippen molar-refractivity contribution in [1.82, 2.24) is 5.32 Å². The molecular formula is C20H29NO3. The first-order valence-electron chi connectivity index (χ1n) is 9.48. The fourth-order valence-corrected chi connectivity index (χ4v) is 6.72. The Kier molecular flexibility index (Phi) is 3.59. The highest BCUT2D eigenvalue weighted by molar-refractivity contribution is 5.79. The monoisotopic (exact) mass is 331 g/mol. The zero-order valence-corrected chi connectivity index (χ0v) is 15.1. The molecule has 4 unspecified atom stereocenters. The fourth-order valence-electron chi connectivity index (χ4n) is 6.72. The highest BCUT2D eigenvalue weighted by Gasteiger charge is 2.60. The van der Waals surface area contributed by atoms with Crippen LogP contribution >= 0.6 is 0 Å². The van der Waals surface area contributed by atoms with Crippen molar-refractivity contribution in [2.75, 3.05) is 7.11 Å². The Morgan fingerprint density at radius 2 is 2.00 bits per heavy atom. The van der Waals surface area contributed by atoms with E-state index in [4.69, 9.17) is 4.74 Å². The molecule has 1 saturated heterocycles. The number of hydrogen-bond acceptors (Lipinski definition) is 3. The van der Waals surface area contributed by atoms with Crippen LogP contribution in [0.5, 0.6) is 0 Å². The number of amides is 1. The molecule has 0 aromatic rings. The molecule has 4 heteroatoms. The first-order valence-corrected chi connectivity index (χ1v) is 9.48. The van der Waals surface area contributed by atoms with E-state index in [2.05, 4.69) is 25.2 Å². The molecule has 24 heavy (non-hydrogen) atoms. The van der Waals surface area contributed by atoms with Crippen LogP contribution in [-0.2, 0) is 14.3 Å². The Labute approximate surface area is 144 Å². The van der Waals surface area contributed by atoms with E-state index in [-0.39, 0.29) is 28.6 Å². The summed E-state index contributed by atoms with van der Waals surface area (Å²) in [6.45, 7) is 4.68. The maximum atomic E-state index is 12.3. The Bertz CT molecular complexity index is 612. The van der Waals surface area contributed by atoms with Crippen molar-refractivity contribution >= 4 is 11.9 Å². The molecule has 0 radical (unpaired) electrons. The van der Waals surface area contributed by atoms with Gasteiger partial charge in [0.25, 0.3) is 0 Å². The lowest BCUT2D eigenvalue weighted by Gasteiger charge is -2.57. The minimum atomic E-state index is -0.0124. The molecule has 1 N–H and O–H groups in total. The Morgan fingerprint density at radius 3 is 2.75 bits per heavy atom. The summed E-state index contributed by atoms with van der Waals surface area (Å²) in [6, 6.07) is 0. The van der Waals surface area contributed by atoms with Gasteiger partial charge in [-0.15, -0.1) is 0 Å². The van der Waals surface area contributed by atoms with Gasteiger partial charge < -0.3 is 10.1 Å². The van der Waals surface area contributed by atoms with Crippen molar-refractivity contribution in [1.29, 1.82) is 0 Å². The Morgan fingerprint density at radius 1 is 1.21 bits per heavy atom. The van der Waals surface area contributed by atoms with Crippen LogP contribution in [0.2, 0.25) is 0 Å². The summed E-state index contributed by atoms with van der Waals surface area (Å²) in [5, 5.41) is 3.15. The number of fused-ring (bicyclic) bond motifs is 5. The maximum absolute atomic E-state index is 12.3. The number of rotatable bonds is 1. The number of esters is 1. The van der Waals surface area contributed by atoms with Gasteiger partial charge >= 0.3 is 5.97 Å². The summed E-state index contributed by atoms with van der Waals surface area (Å²) in [5.41, 5.74) is 1.38. The third-order valence-electron chi connectivity index (χ3n) is 8.10. The number of methoxy groups -OCH3 is 1. The molecule has 0 aromatic heterocycles. The second-order valence-electron chi connectivity index (χ2n) is 8.89. The van der Waals surface area contributed by atoms with Crippen LogP contribution in [0, 0.1) is 34.5 Å². The summed E-state index contributed by atoms with van der Waals surface area (Å²) in [7, 11) is 1.52. The number of allylic oxidation sites excluding steroid dienone is 2. The van der Waals surface area contributed by atoms with Crippen LogP contribution in [0.1, 0.15) is 58.8 Å². The third kappa shape index (κ3) is 2.04. The molecule has 1 amide bonds. The quantitative estimate of drug-likeness (QED) is 0.749. The van der Waals surface area contributed by atoms with Crippen molar-refractivity contribution in [2.45, 2.75) is 58.8 Å². The summed E-state index contributed by atoms with van der Waals surface area (Å²) in [5.74, 6) is 2.10. The summed E-state index contributed by atoms with van der Waals surface area (Å²) in [4.78, 5) is 24.1. The Hall–Kier alpha value is -1.32. The average molecular weight is 331 g/mol. The standard InChI is InChI=1S/C20H29NO3/c1-19-10-8-14-12(13(19)5-6-15(19)18(23)24-3)4-7-16-20(14,2)11-9-17(22)21-16/h7,12-15H,4-6,8-11H2,1-3H3,(H,21,22)/t12?,13?,14?,15?,19-,20+/m0/s1. The molecule has 1 aliphatic heterocycles. The highest BCUT2D eigenvalue weighted by Crippen LogP contribution is 2.65. The normalized spacial score (nSPS) is 47.0. The molecule has 132 valence electrons. The molecule has 0 aromatic carbocycles. The number of hydrogen-bond donors (Lipinski definition) is 1. The zero-order chi connectivity index (χ0) is 17.1. The number of ether oxygens (including phenoxy) is 1. The van der Waals surface area contributed by atoms with Crippen LogP contribution in [0.15, 0.2) is 11.8 Å². The SMILES string of the molecule is COC(=O)C1CCC2C3CC=C4NC(=O)CC[C@]4(C)C3CC[C@]12C. The molecule has 4 aliphatic rings. The summed E-state index contributed by atoms with van der Waals surface area (Å²) >= 11 is 0. The largest absolute Gasteiger partial charge is 0.469 e. The summed E-state index contributed by atoms with van der Waals surface area (Å²) in [6.07, 6.45) is 9.33. The van der Waals surface area contributed by atoms with E-state index in [0.717, 1.165) is 38.5 Å². The van der Waals surface area contributed by atoms with Crippen LogP contribution in [-0.4, -0.2) is 19.0 Å². The molecule has 2 saturated carbocycles. The minimum Gasteiger partial charge on any atom is -0.469 e. The van der Waals surface area contributed by atoms with Gasteiger partial charge in [0.05, 0.1) is 13.0 Å². The van der Waals surface area contributed by atoms with Crippen LogP contribution in [0.25, 0.3) is 0 Å². The van der Waals surface area contributed by atoms with E-state index in [1.807, 2.05) is 0 Å². The minimum absolute atomic E-state index is 0.0124. The van der Waals surface area contributed by atoms with E-state index in [1.165, 1.54) is 12.8 Å². The lowest BCUT2D eigenvalue weighted by atomic mass is 9.49. The van der Waals surface area contributed by atoms with Crippen LogP contribution < -0.4 is 5.32 Å². The fraction of sp³-hybridized carbons (Fsp3) is 0.800. The van der Waals surface area contributed by atoms with Crippen LogP contribution in [0.4, 0.5) is 0 Å². The van der Waals surface area contributed by atoms with Gasteiger partial charge in [0.15, 0.2) is 0 Å². The van der Waals surface area contributed by atoms with Gasteiger partial charge in [-0.05, 0) is 61.7 Å². The predicted molar refractivity (Wildman–Crippen MR) is 90.7 cm³/mol. The summed E-state index contributed by atoms with van der Waals surface area (Å²) < 4.78 is 5.10. The van der Waals surface area contributed by atoms with Gasteiger partial charge in [0.2, 0.25) is 5.91 Å². The third-order valence-corrected chi connectivity index (χ3v) is 8.10. The molecule has 3 aliphatic carbocycles. The van der Waals surface area contributed by atoms with E-state index < -0.39 is 0 Å². The van der Waals surface area contributed by atoms with E-state index in [0.29, 0.717) is 24.2 Å². The molecule has 0 bridgehead atoms. The first kappa shape index (κ1) is 16.2. The lowest BCUT2D eigenvalue weighted by Crippen LogP contribution is -2.53. The van der Waals surface area contributed by atoms with Crippen molar-refractivity contribution in [3.8, 4) is 0 Å². The van der Waals surface area contributed by atoms with Gasteiger partial charge in [0, 0.05) is 17.5 Å². The highest BCUT2D eigenvalue weighted by atomic mass is 16.5. The number of carbonyl (C=O) groups is 2. The van der Waals surface area contributed by atoms with Crippen molar-refractivity contribution in [3.05, 3.63) is 11.8 Å². The van der Waals surface area contributed by atoms with Crippen molar-refractivity contribution < 1.29 is 14.3 Å². The number of carbonyl (C=O) groups excluding carboxylic acids is 2. The van der Waals surface area contributed by atoms with E-state index in [1.54, 1.807) is 0 Å². The first-order chi connectivity index (χ1) is 11.4. The van der Waals surface area contributed by atoms with E-state index in [9.17, 15) is 9.59 Å². The molecule has 1 heterocycles. The number of piperidine rings is 1. The molecule has 6 atom stereocenters. The molecule has 4 nitrogen and oxygen atoms in total. The second-order valence-corrected chi connectivity index (χ2v) is 8.89. The van der Waals surface area contributed by atoms with Crippen LogP contribution in [0.3, 0.4) is 0 Å². The lowest BCUT2D eigenvalue weighted by molar-refractivity contribution is -0.152. The van der Waals surface area contributed by atoms with Gasteiger partial charge in [-0.1, -0.05) is 19.9 Å². The van der Waals surface area contributed by atoms with E-state index >= 15 is 0 Å². The van der Waals surface area contributed by atoms with Gasteiger partial charge in [0.1, 0.15) is 0 Å². The topological polar surface area (TPSA) is 55.4 Å². The predicted octanol–water partition coefficient (Wildman–Crippen LogP) is 3.42. The Balaban J connectivity index is 1.65. The molecule has 3 fully saturated rings.